The van der Waals surface area contributed by atoms with E-state index >= 15 is 0 Å². The summed E-state index contributed by atoms with van der Waals surface area (Å²) in [5.41, 5.74) is 0.273. The largest absolute Gasteiger partial charge is 0.453 e. The Bertz CT molecular complexity index is 174. The van der Waals surface area contributed by atoms with Gasteiger partial charge in [-0.15, -0.1) is 12.6 Å². The lowest BCUT2D eigenvalue weighted by molar-refractivity contribution is -0.141. The number of carbonyl (C=O) groups excluding carboxylic acids is 2. The molecular formula is C6H8O3S. The molecule has 0 unspecified atom stereocenters. The molecule has 0 fully saturated rings. The predicted molar refractivity (Wildman–Crippen MR) is 39.8 cm³/mol. The van der Waals surface area contributed by atoms with Gasteiger partial charge in [-0.1, -0.05) is 6.58 Å². The van der Waals surface area contributed by atoms with Gasteiger partial charge < -0.3 is 4.74 Å². The van der Waals surface area contributed by atoms with Crippen molar-refractivity contribution in [1.82, 2.24) is 0 Å². The van der Waals surface area contributed by atoms with E-state index in [4.69, 9.17) is 0 Å². The van der Waals surface area contributed by atoms with E-state index in [0.29, 0.717) is 0 Å². The Hall–Kier alpha value is -0.770. The Kier molecular flexibility index (Phi) is 3.79. The number of esters is 1. The summed E-state index contributed by atoms with van der Waals surface area (Å²) in [6, 6.07) is 0. The molecule has 0 rings (SSSR count). The minimum absolute atomic E-state index is 0.273. The van der Waals surface area contributed by atoms with Crippen molar-refractivity contribution in [3.8, 4) is 0 Å². The zero-order valence-corrected chi connectivity index (χ0v) is 6.48. The molecule has 0 atom stereocenters. The van der Waals surface area contributed by atoms with E-state index in [1.807, 2.05) is 0 Å². The van der Waals surface area contributed by atoms with E-state index in [-0.39, 0.29) is 12.2 Å². The highest BCUT2D eigenvalue weighted by atomic mass is 32.1. The second-order valence-electron chi connectivity index (χ2n) is 1.75. The first-order chi connectivity index (χ1) is 4.54. The lowest BCUT2D eigenvalue weighted by Crippen LogP contribution is -2.09. The molecule has 0 radical (unpaired) electrons. The molecule has 0 aliphatic heterocycles. The van der Waals surface area contributed by atoms with Crippen molar-refractivity contribution in [2.24, 2.45) is 0 Å². The highest BCUT2D eigenvalue weighted by Crippen LogP contribution is 1.92. The topological polar surface area (TPSA) is 43.4 Å². The van der Waals surface area contributed by atoms with Gasteiger partial charge in [0.25, 0.3) is 0 Å². The molecular weight excluding hydrogens is 152 g/mol. The lowest BCUT2D eigenvalue weighted by atomic mass is 10.4. The molecule has 3 nitrogen and oxygen atoms in total. The molecule has 0 spiro atoms. The van der Waals surface area contributed by atoms with E-state index in [1.165, 1.54) is 6.92 Å². The Balaban J connectivity index is 3.60. The summed E-state index contributed by atoms with van der Waals surface area (Å²) in [7, 11) is 0. The minimum Gasteiger partial charge on any atom is -0.453 e. The first-order valence-electron chi connectivity index (χ1n) is 2.58. The van der Waals surface area contributed by atoms with Crippen LogP contribution in [0.25, 0.3) is 0 Å². The third kappa shape index (κ3) is 4.14. The summed E-state index contributed by atoms with van der Waals surface area (Å²) < 4.78 is 4.40. The zero-order chi connectivity index (χ0) is 8.15. The average molecular weight is 160 g/mol. The van der Waals surface area contributed by atoms with E-state index in [2.05, 4.69) is 23.9 Å². The van der Waals surface area contributed by atoms with Crippen LogP contribution in [0.5, 0.6) is 0 Å². The zero-order valence-electron chi connectivity index (χ0n) is 5.59. The second kappa shape index (κ2) is 4.11. The van der Waals surface area contributed by atoms with Crippen molar-refractivity contribution in [1.29, 1.82) is 0 Å². The first-order valence-corrected chi connectivity index (χ1v) is 3.03. The average Bonchev–Trinajstić information content (AvgIpc) is 1.82. The van der Waals surface area contributed by atoms with Crippen molar-refractivity contribution >= 4 is 23.7 Å². The summed E-state index contributed by atoms with van der Waals surface area (Å²) >= 11 is 3.40. The monoisotopic (exact) mass is 160 g/mol. The van der Waals surface area contributed by atoms with Crippen LogP contribution in [-0.2, 0) is 14.3 Å². The standard InChI is InChI=1S/C6H8O3S/c1-4(2)6(8)9-3-5(7)10/h1,3H2,2H3,(H,7,10). The Morgan fingerprint density at radius 3 is 2.40 bits per heavy atom. The van der Waals surface area contributed by atoms with Crippen LogP contribution in [0.15, 0.2) is 12.2 Å². The highest BCUT2D eigenvalue weighted by Gasteiger charge is 2.03. The minimum atomic E-state index is -0.567. The fraction of sp³-hybridized carbons (Fsp3) is 0.333. The molecule has 4 heteroatoms. The van der Waals surface area contributed by atoms with E-state index < -0.39 is 11.1 Å². The van der Waals surface area contributed by atoms with Crippen LogP contribution in [0.2, 0.25) is 0 Å². The normalized spacial score (nSPS) is 8.60. The maximum absolute atomic E-state index is 10.5. The highest BCUT2D eigenvalue weighted by molar-refractivity contribution is 7.96. The number of thiol groups is 1. The van der Waals surface area contributed by atoms with Gasteiger partial charge in [-0.2, -0.15) is 0 Å². The fourth-order valence-electron chi connectivity index (χ4n) is 0.250. The summed E-state index contributed by atoms with van der Waals surface area (Å²) in [5.74, 6) is -0.567. The smallest absolute Gasteiger partial charge is 0.333 e. The summed E-state index contributed by atoms with van der Waals surface area (Å²) in [4.78, 5) is 20.7. The van der Waals surface area contributed by atoms with Crippen molar-refractivity contribution in [3.05, 3.63) is 12.2 Å². The Labute approximate surface area is 64.5 Å². The van der Waals surface area contributed by atoms with Crippen molar-refractivity contribution in [3.63, 3.8) is 0 Å². The first kappa shape index (κ1) is 9.23. The molecule has 0 aromatic heterocycles. The number of rotatable bonds is 3. The Morgan fingerprint density at radius 1 is 1.60 bits per heavy atom. The summed E-state index contributed by atoms with van der Waals surface area (Å²) in [6.07, 6.45) is 0. The third-order valence-electron chi connectivity index (χ3n) is 0.675. The quantitative estimate of drug-likeness (QED) is 0.373. The van der Waals surface area contributed by atoms with Gasteiger partial charge in [0, 0.05) is 5.57 Å². The molecule has 0 aliphatic rings. The van der Waals surface area contributed by atoms with Gasteiger partial charge in [0.2, 0.25) is 5.12 Å². The molecule has 0 heterocycles. The number of ether oxygens (including phenoxy) is 1. The van der Waals surface area contributed by atoms with Crippen LogP contribution < -0.4 is 0 Å². The summed E-state index contributed by atoms with van der Waals surface area (Å²) in [6.45, 7) is 4.53. The van der Waals surface area contributed by atoms with Crippen LogP contribution in [0.4, 0.5) is 0 Å². The maximum atomic E-state index is 10.5. The molecule has 0 aliphatic carbocycles. The lowest BCUT2D eigenvalue weighted by Gasteiger charge is -1.98. The molecule has 0 aromatic carbocycles. The van der Waals surface area contributed by atoms with Gasteiger partial charge in [-0.3, -0.25) is 4.79 Å². The third-order valence-corrected chi connectivity index (χ3v) is 0.804. The van der Waals surface area contributed by atoms with Crippen LogP contribution in [0, 0.1) is 0 Å². The van der Waals surface area contributed by atoms with E-state index in [0.717, 1.165) is 0 Å². The second-order valence-corrected chi connectivity index (χ2v) is 2.25. The number of hydrogen-bond donors (Lipinski definition) is 1. The van der Waals surface area contributed by atoms with Crippen molar-refractivity contribution in [2.45, 2.75) is 6.92 Å². The van der Waals surface area contributed by atoms with E-state index in [1.54, 1.807) is 0 Å². The molecule has 10 heavy (non-hydrogen) atoms. The van der Waals surface area contributed by atoms with Crippen LogP contribution in [0.1, 0.15) is 6.92 Å². The molecule has 0 saturated carbocycles. The maximum Gasteiger partial charge on any atom is 0.333 e. The van der Waals surface area contributed by atoms with Gasteiger partial charge in [0.1, 0.15) is 0 Å². The van der Waals surface area contributed by atoms with Gasteiger partial charge in [0.05, 0.1) is 0 Å². The van der Waals surface area contributed by atoms with Crippen molar-refractivity contribution in [2.75, 3.05) is 6.61 Å². The van der Waals surface area contributed by atoms with Crippen LogP contribution in [0.3, 0.4) is 0 Å². The number of carbonyl (C=O) groups is 2. The van der Waals surface area contributed by atoms with Gasteiger partial charge in [0.15, 0.2) is 6.61 Å². The SMILES string of the molecule is C=C(C)C(=O)OCC(=O)S. The predicted octanol–water partition coefficient (Wildman–Crippen LogP) is 0.562. The fourth-order valence-corrected chi connectivity index (χ4v) is 0.315. The van der Waals surface area contributed by atoms with Crippen LogP contribution >= 0.6 is 12.6 Å². The molecule has 56 valence electrons. The molecule has 0 amide bonds. The van der Waals surface area contributed by atoms with Crippen molar-refractivity contribution < 1.29 is 14.3 Å². The molecule has 0 bridgehead atoms. The summed E-state index contributed by atoms with van der Waals surface area (Å²) in [5, 5.41) is -0.477. The van der Waals surface area contributed by atoms with E-state index in [9.17, 15) is 9.59 Å². The number of hydrogen-bond acceptors (Lipinski definition) is 3. The molecule has 0 saturated heterocycles. The van der Waals surface area contributed by atoms with Gasteiger partial charge in [-0.25, -0.2) is 4.79 Å². The molecule has 0 aromatic rings. The Morgan fingerprint density at radius 2 is 2.10 bits per heavy atom. The van der Waals surface area contributed by atoms with Crippen LogP contribution in [-0.4, -0.2) is 17.7 Å². The molecule has 0 N–H and O–H groups in total. The van der Waals surface area contributed by atoms with Gasteiger partial charge >= 0.3 is 5.97 Å². The van der Waals surface area contributed by atoms with Gasteiger partial charge in [-0.05, 0) is 6.92 Å².